The number of nitrogens with zero attached hydrogens (tertiary/aromatic N) is 3. The van der Waals surface area contributed by atoms with Crippen molar-refractivity contribution in [2.45, 2.75) is 64.0 Å². The van der Waals surface area contributed by atoms with Crippen molar-refractivity contribution in [1.82, 2.24) is 9.97 Å². The second kappa shape index (κ2) is 5.57. The van der Waals surface area contributed by atoms with E-state index in [1.54, 1.807) is 0 Å². The third-order valence-electron chi connectivity index (χ3n) is 5.74. The lowest BCUT2D eigenvalue weighted by atomic mass is 9.53. The third-order valence-corrected chi connectivity index (χ3v) is 5.74. The molecule has 0 unspecified atom stereocenters. The second-order valence-electron chi connectivity index (χ2n) is 8.12. The molecule has 1 aromatic heterocycles. The maximum atomic E-state index is 11.6. The van der Waals surface area contributed by atoms with Gasteiger partial charge in [-0.25, -0.2) is 4.98 Å². The van der Waals surface area contributed by atoms with Gasteiger partial charge in [-0.3, -0.25) is 10.1 Å². The first kappa shape index (κ1) is 15.6. The molecule has 0 radical (unpaired) electrons. The Labute approximate surface area is 141 Å². The van der Waals surface area contributed by atoms with Crippen LogP contribution in [0.4, 0.5) is 11.5 Å². The van der Waals surface area contributed by atoms with E-state index in [-0.39, 0.29) is 23.2 Å². The standard InChI is InChI=1S/C17H24N4O3/c1-10(2)24-16-14(21(22)23)15(18-9-19-16)20-17-6-11-3-12(7-17)5-13(4-11)8-17/h9-13H,3-8H2,1-2H3,(H,18,19,20). The van der Waals surface area contributed by atoms with Crippen LogP contribution in [0.1, 0.15) is 52.4 Å². The summed E-state index contributed by atoms with van der Waals surface area (Å²) in [5.41, 5.74) is -0.176. The maximum Gasteiger partial charge on any atom is 0.372 e. The minimum Gasteiger partial charge on any atom is -0.470 e. The van der Waals surface area contributed by atoms with E-state index in [0.717, 1.165) is 37.0 Å². The SMILES string of the molecule is CC(C)Oc1ncnc(NC23CC4CC(CC(C4)C2)C3)c1[N+](=O)[O-]. The van der Waals surface area contributed by atoms with E-state index in [4.69, 9.17) is 4.74 Å². The van der Waals surface area contributed by atoms with Gasteiger partial charge in [-0.2, -0.15) is 4.98 Å². The van der Waals surface area contributed by atoms with Crippen molar-refractivity contribution in [1.29, 1.82) is 0 Å². The van der Waals surface area contributed by atoms with Crippen LogP contribution < -0.4 is 10.1 Å². The van der Waals surface area contributed by atoms with Crippen LogP contribution in [0, 0.1) is 27.9 Å². The van der Waals surface area contributed by atoms with Gasteiger partial charge in [-0.05, 0) is 70.1 Å². The fourth-order valence-electron chi connectivity index (χ4n) is 5.44. The molecule has 5 rings (SSSR count). The van der Waals surface area contributed by atoms with Crippen LogP contribution >= 0.6 is 0 Å². The molecule has 1 heterocycles. The number of ether oxygens (including phenoxy) is 1. The van der Waals surface area contributed by atoms with E-state index in [2.05, 4.69) is 15.3 Å². The molecule has 4 fully saturated rings. The van der Waals surface area contributed by atoms with Crippen LogP contribution in [-0.2, 0) is 0 Å². The Bertz CT molecular complexity index is 626. The quantitative estimate of drug-likeness (QED) is 0.655. The summed E-state index contributed by atoms with van der Waals surface area (Å²) in [5.74, 6) is 2.65. The molecule has 4 aliphatic carbocycles. The monoisotopic (exact) mass is 332 g/mol. The summed E-state index contributed by atoms with van der Waals surface area (Å²) in [6, 6.07) is 0. The predicted molar refractivity (Wildman–Crippen MR) is 89.0 cm³/mol. The Morgan fingerprint density at radius 3 is 2.29 bits per heavy atom. The van der Waals surface area contributed by atoms with Crippen LogP contribution in [0.3, 0.4) is 0 Å². The summed E-state index contributed by atoms with van der Waals surface area (Å²) >= 11 is 0. The molecule has 0 aliphatic heterocycles. The molecule has 24 heavy (non-hydrogen) atoms. The Balaban J connectivity index is 1.66. The van der Waals surface area contributed by atoms with Crippen molar-refractivity contribution in [3.63, 3.8) is 0 Å². The largest absolute Gasteiger partial charge is 0.470 e. The van der Waals surface area contributed by atoms with Crippen molar-refractivity contribution >= 4 is 11.5 Å². The molecule has 4 bridgehead atoms. The highest BCUT2D eigenvalue weighted by molar-refractivity contribution is 5.62. The molecule has 4 saturated carbocycles. The first-order valence-corrected chi connectivity index (χ1v) is 8.88. The molecular formula is C17H24N4O3. The van der Waals surface area contributed by atoms with Gasteiger partial charge in [0, 0.05) is 5.54 Å². The number of nitrogens with one attached hydrogen (secondary N) is 1. The molecule has 4 aliphatic rings. The number of rotatable bonds is 5. The molecular weight excluding hydrogens is 308 g/mol. The molecule has 0 atom stereocenters. The Morgan fingerprint density at radius 1 is 1.21 bits per heavy atom. The second-order valence-corrected chi connectivity index (χ2v) is 8.12. The van der Waals surface area contributed by atoms with E-state index < -0.39 is 4.92 Å². The Kier molecular flexibility index (Phi) is 3.62. The van der Waals surface area contributed by atoms with Crippen molar-refractivity contribution in [3.8, 4) is 5.88 Å². The fourth-order valence-corrected chi connectivity index (χ4v) is 5.44. The van der Waals surface area contributed by atoms with Crippen LogP contribution in [0.2, 0.25) is 0 Å². The summed E-state index contributed by atoms with van der Waals surface area (Å²) in [4.78, 5) is 19.4. The molecule has 0 amide bonds. The van der Waals surface area contributed by atoms with Gasteiger partial charge >= 0.3 is 5.69 Å². The zero-order valence-corrected chi connectivity index (χ0v) is 14.2. The first-order chi connectivity index (χ1) is 11.4. The van der Waals surface area contributed by atoms with Gasteiger partial charge in [0.05, 0.1) is 11.0 Å². The number of aromatic nitrogens is 2. The zero-order valence-electron chi connectivity index (χ0n) is 14.2. The minimum absolute atomic E-state index is 0.0387. The highest BCUT2D eigenvalue weighted by Gasteiger charge is 2.51. The highest BCUT2D eigenvalue weighted by atomic mass is 16.6. The molecule has 7 nitrogen and oxygen atoms in total. The zero-order chi connectivity index (χ0) is 16.9. The van der Waals surface area contributed by atoms with Gasteiger partial charge in [-0.1, -0.05) is 0 Å². The average Bonchev–Trinajstić information content (AvgIpc) is 2.44. The van der Waals surface area contributed by atoms with Crippen LogP contribution in [0.25, 0.3) is 0 Å². The van der Waals surface area contributed by atoms with Gasteiger partial charge in [0.2, 0.25) is 5.82 Å². The van der Waals surface area contributed by atoms with Crippen LogP contribution in [0.5, 0.6) is 5.88 Å². The van der Waals surface area contributed by atoms with Crippen LogP contribution in [-0.4, -0.2) is 26.5 Å². The minimum atomic E-state index is -0.430. The van der Waals surface area contributed by atoms with Crippen molar-refractivity contribution in [2.24, 2.45) is 17.8 Å². The van der Waals surface area contributed by atoms with E-state index in [9.17, 15) is 10.1 Å². The maximum absolute atomic E-state index is 11.6. The number of hydrogen-bond donors (Lipinski definition) is 1. The summed E-state index contributed by atoms with van der Waals surface area (Å²) in [6.45, 7) is 3.66. The van der Waals surface area contributed by atoms with E-state index >= 15 is 0 Å². The molecule has 130 valence electrons. The fraction of sp³-hybridized carbons (Fsp3) is 0.765. The molecule has 1 N–H and O–H groups in total. The first-order valence-electron chi connectivity index (χ1n) is 8.88. The topological polar surface area (TPSA) is 90.2 Å². The van der Waals surface area contributed by atoms with Crippen molar-refractivity contribution < 1.29 is 9.66 Å². The number of anilines is 1. The normalized spacial score (nSPS) is 33.7. The van der Waals surface area contributed by atoms with E-state index in [1.165, 1.54) is 25.6 Å². The molecule has 0 aromatic carbocycles. The lowest BCUT2D eigenvalue weighted by molar-refractivity contribution is -0.385. The Morgan fingerprint density at radius 2 is 1.79 bits per heavy atom. The predicted octanol–water partition coefficient (Wildman–Crippen LogP) is 3.55. The highest BCUT2D eigenvalue weighted by Crippen LogP contribution is 2.57. The average molecular weight is 332 g/mol. The summed E-state index contributed by atoms with van der Waals surface area (Å²) in [6.07, 6.45) is 8.46. The molecule has 0 spiro atoms. The summed E-state index contributed by atoms with van der Waals surface area (Å²) in [7, 11) is 0. The van der Waals surface area contributed by atoms with E-state index in [1.807, 2.05) is 13.8 Å². The Hall–Kier alpha value is -1.92. The summed E-state index contributed by atoms with van der Waals surface area (Å²) in [5, 5.41) is 15.1. The molecule has 1 aromatic rings. The van der Waals surface area contributed by atoms with Crippen LogP contribution in [0.15, 0.2) is 6.33 Å². The lowest BCUT2D eigenvalue weighted by Crippen LogP contribution is -2.55. The molecule has 0 saturated heterocycles. The van der Waals surface area contributed by atoms with Gasteiger partial charge in [0.15, 0.2) is 0 Å². The number of nitro groups is 1. The van der Waals surface area contributed by atoms with Crippen molar-refractivity contribution in [2.75, 3.05) is 5.32 Å². The van der Waals surface area contributed by atoms with Gasteiger partial charge in [-0.15, -0.1) is 0 Å². The molecule has 7 heteroatoms. The summed E-state index contributed by atoms with van der Waals surface area (Å²) < 4.78 is 5.54. The third kappa shape index (κ3) is 2.70. The van der Waals surface area contributed by atoms with E-state index in [0.29, 0.717) is 5.82 Å². The van der Waals surface area contributed by atoms with Gasteiger partial charge in [0.25, 0.3) is 5.88 Å². The number of hydrogen-bond acceptors (Lipinski definition) is 6. The van der Waals surface area contributed by atoms with Gasteiger partial charge < -0.3 is 10.1 Å². The van der Waals surface area contributed by atoms with Gasteiger partial charge in [0.1, 0.15) is 6.33 Å². The lowest BCUT2D eigenvalue weighted by Gasteiger charge is -2.57. The van der Waals surface area contributed by atoms with Crippen molar-refractivity contribution in [3.05, 3.63) is 16.4 Å². The smallest absolute Gasteiger partial charge is 0.372 e.